The Morgan fingerprint density at radius 1 is 1.43 bits per heavy atom. The van der Waals surface area contributed by atoms with Crippen molar-refractivity contribution in [1.29, 1.82) is 0 Å². The largest absolute Gasteiger partial charge is 0.480 e. The molecule has 0 aromatic rings. The van der Waals surface area contributed by atoms with Gasteiger partial charge in [0.2, 0.25) is 0 Å². The van der Waals surface area contributed by atoms with E-state index >= 15 is 0 Å². The van der Waals surface area contributed by atoms with E-state index in [1.54, 1.807) is 0 Å². The average molecular weight is 350 g/mol. The highest BCUT2D eigenvalue weighted by atomic mass is 32.2. The Kier molecular flexibility index (Phi) is 5.35. The summed E-state index contributed by atoms with van der Waals surface area (Å²) in [6.45, 7) is -0.354. The van der Waals surface area contributed by atoms with Crippen molar-refractivity contribution >= 4 is 23.3 Å². The molecule has 2 rings (SSSR count). The van der Waals surface area contributed by atoms with E-state index in [2.05, 4.69) is 4.72 Å². The molecule has 2 fully saturated rings. The maximum atomic E-state index is 12.3. The van der Waals surface area contributed by atoms with Gasteiger partial charge in [0.1, 0.15) is 5.54 Å². The highest BCUT2D eigenvalue weighted by Gasteiger charge is 2.53. The van der Waals surface area contributed by atoms with Crippen LogP contribution in [0.25, 0.3) is 0 Å². The summed E-state index contributed by atoms with van der Waals surface area (Å²) in [7, 11) is -5.33. The van der Waals surface area contributed by atoms with Gasteiger partial charge in [-0.25, -0.2) is 0 Å². The summed E-state index contributed by atoms with van der Waals surface area (Å²) in [5, 5.41) is 27.1. The van der Waals surface area contributed by atoms with E-state index in [-0.39, 0.29) is 37.9 Å². The van der Waals surface area contributed by atoms with Gasteiger partial charge in [-0.3, -0.25) is 4.79 Å². The van der Waals surface area contributed by atoms with E-state index in [4.69, 9.17) is 21.5 Å². The molecule has 0 amide bonds. The van der Waals surface area contributed by atoms with Crippen LogP contribution in [0.3, 0.4) is 0 Å². The molecule has 0 unspecified atom stereocenters. The molecule has 0 spiro atoms. The van der Waals surface area contributed by atoms with Crippen LogP contribution in [0.5, 0.6) is 0 Å². The topological polar surface area (TPSA) is 179 Å². The van der Waals surface area contributed by atoms with Crippen molar-refractivity contribution < 1.29 is 28.4 Å². The number of hydrogen-bond acceptors (Lipinski definition) is 7. The lowest BCUT2D eigenvalue weighted by Gasteiger charge is -2.25. The minimum Gasteiger partial charge on any atom is -0.480 e. The lowest BCUT2D eigenvalue weighted by Crippen LogP contribution is -2.55. The summed E-state index contributed by atoms with van der Waals surface area (Å²) >= 11 is 0. The standard InChI is InChI=1S/C11H23BN4O6S/c13-8-4-9(8)15-23(21,22)16-5-7(2-1-3-12(19)20)11(14,6-16)10(17)18/h7-9,15,19-20H,1-6,13-14H2,(H,17,18)/t7-,8-,9+,11-/m0/s1. The number of nitrogens with two attached hydrogens (primary N) is 2. The molecule has 1 saturated heterocycles. The number of carbonyl (C=O) groups is 1. The molecule has 4 atom stereocenters. The van der Waals surface area contributed by atoms with Gasteiger partial charge in [-0.1, -0.05) is 6.42 Å². The SMILES string of the molecule is N[C@H]1C[C@H]1NS(=O)(=O)N1C[C@H](CCCB(O)O)[C@](N)(C(=O)O)C1. The van der Waals surface area contributed by atoms with Gasteiger partial charge in [-0.2, -0.15) is 17.4 Å². The van der Waals surface area contributed by atoms with Crippen molar-refractivity contribution in [3.05, 3.63) is 0 Å². The number of carboxylic acids is 1. The molecule has 1 saturated carbocycles. The molecular weight excluding hydrogens is 327 g/mol. The smallest absolute Gasteiger partial charge is 0.451 e. The van der Waals surface area contributed by atoms with Gasteiger partial charge in [-0.15, -0.1) is 0 Å². The lowest BCUT2D eigenvalue weighted by atomic mass is 9.78. The monoisotopic (exact) mass is 350 g/mol. The maximum Gasteiger partial charge on any atom is 0.451 e. The van der Waals surface area contributed by atoms with Gasteiger partial charge in [0.05, 0.1) is 0 Å². The van der Waals surface area contributed by atoms with E-state index in [0.29, 0.717) is 12.8 Å². The Hall–Kier alpha value is -0.755. The average Bonchev–Trinajstić information content (AvgIpc) is 2.96. The predicted molar refractivity (Wildman–Crippen MR) is 82.3 cm³/mol. The molecule has 1 aliphatic carbocycles. The fourth-order valence-electron chi connectivity index (χ4n) is 2.83. The minimum atomic E-state index is -3.85. The molecule has 0 radical (unpaired) electrons. The molecule has 0 aromatic carbocycles. The van der Waals surface area contributed by atoms with Crippen LogP contribution in [0.4, 0.5) is 0 Å². The van der Waals surface area contributed by atoms with Crippen molar-refractivity contribution in [3.8, 4) is 0 Å². The van der Waals surface area contributed by atoms with Crippen molar-refractivity contribution in [1.82, 2.24) is 9.03 Å². The molecule has 8 N–H and O–H groups in total. The van der Waals surface area contributed by atoms with E-state index in [0.717, 1.165) is 4.31 Å². The van der Waals surface area contributed by atoms with Gasteiger partial charge in [-0.05, 0) is 19.2 Å². The summed E-state index contributed by atoms with van der Waals surface area (Å²) in [6.07, 6.45) is 1.25. The van der Waals surface area contributed by atoms with Crippen molar-refractivity contribution in [3.63, 3.8) is 0 Å². The van der Waals surface area contributed by atoms with Crippen LogP contribution < -0.4 is 16.2 Å². The third-order valence-electron chi connectivity index (χ3n) is 4.48. The Bertz CT molecular complexity index is 561. The van der Waals surface area contributed by atoms with E-state index < -0.39 is 34.8 Å². The predicted octanol–water partition coefficient (Wildman–Crippen LogP) is -3.11. The number of rotatable bonds is 8. The second-order valence-corrected chi connectivity index (χ2v) is 8.08. The van der Waals surface area contributed by atoms with E-state index in [9.17, 15) is 18.3 Å². The first-order valence-corrected chi connectivity index (χ1v) is 8.91. The van der Waals surface area contributed by atoms with Crippen molar-refractivity contribution in [2.75, 3.05) is 13.1 Å². The number of nitrogens with zero attached hydrogens (tertiary/aromatic N) is 1. The molecule has 23 heavy (non-hydrogen) atoms. The van der Waals surface area contributed by atoms with Crippen LogP contribution in [0, 0.1) is 5.92 Å². The van der Waals surface area contributed by atoms with Crippen LogP contribution in [-0.4, -0.2) is 71.7 Å². The molecule has 0 aromatic heterocycles. The van der Waals surface area contributed by atoms with Crippen molar-refractivity contribution in [2.45, 2.75) is 43.2 Å². The summed E-state index contributed by atoms with van der Waals surface area (Å²) in [6, 6.07) is -0.531. The highest BCUT2D eigenvalue weighted by Crippen LogP contribution is 2.32. The first-order chi connectivity index (χ1) is 10.6. The summed E-state index contributed by atoms with van der Waals surface area (Å²) in [4.78, 5) is 11.5. The van der Waals surface area contributed by atoms with Crippen LogP contribution in [0.1, 0.15) is 19.3 Å². The minimum absolute atomic E-state index is 0.0262. The fourth-order valence-corrected chi connectivity index (χ4v) is 4.39. The van der Waals surface area contributed by atoms with Gasteiger partial charge in [0.25, 0.3) is 10.2 Å². The molecular formula is C11H23BN4O6S. The zero-order chi connectivity index (χ0) is 17.4. The van der Waals surface area contributed by atoms with Crippen LogP contribution in [-0.2, 0) is 15.0 Å². The number of nitrogens with one attached hydrogen (secondary N) is 1. The lowest BCUT2D eigenvalue weighted by molar-refractivity contribution is -0.144. The van der Waals surface area contributed by atoms with Gasteiger partial charge >= 0.3 is 13.1 Å². The number of hydrogen-bond donors (Lipinski definition) is 6. The molecule has 0 bridgehead atoms. The molecule has 1 heterocycles. The van der Waals surface area contributed by atoms with E-state index in [1.165, 1.54) is 0 Å². The number of carboxylic acid groups (broad SMARTS) is 1. The third-order valence-corrected chi connectivity index (χ3v) is 6.04. The molecule has 2 aliphatic rings. The Labute approximate surface area is 135 Å². The highest BCUT2D eigenvalue weighted by molar-refractivity contribution is 7.87. The first-order valence-electron chi connectivity index (χ1n) is 7.47. The number of aliphatic carboxylic acids is 1. The zero-order valence-corrected chi connectivity index (χ0v) is 13.4. The van der Waals surface area contributed by atoms with Gasteiger partial charge < -0.3 is 26.6 Å². The Morgan fingerprint density at radius 3 is 2.52 bits per heavy atom. The van der Waals surface area contributed by atoms with E-state index in [1.807, 2.05) is 0 Å². The molecule has 132 valence electrons. The summed E-state index contributed by atoms with van der Waals surface area (Å²) < 4.78 is 28.1. The van der Waals surface area contributed by atoms with Crippen LogP contribution in [0.2, 0.25) is 6.32 Å². The Morgan fingerprint density at radius 2 is 2.04 bits per heavy atom. The molecule has 10 nitrogen and oxygen atoms in total. The normalized spacial score (nSPS) is 34.5. The summed E-state index contributed by atoms with van der Waals surface area (Å²) in [5.74, 6) is -1.88. The van der Waals surface area contributed by atoms with Crippen LogP contribution in [0.15, 0.2) is 0 Å². The fraction of sp³-hybridized carbons (Fsp3) is 0.909. The van der Waals surface area contributed by atoms with Crippen LogP contribution >= 0.6 is 0 Å². The second kappa shape index (κ2) is 6.63. The second-order valence-electron chi connectivity index (χ2n) is 6.38. The molecule has 1 aliphatic heterocycles. The maximum absolute atomic E-state index is 12.3. The quantitative estimate of drug-likeness (QED) is 0.249. The van der Waals surface area contributed by atoms with Crippen molar-refractivity contribution in [2.24, 2.45) is 17.4 Å². The van der Waals surface area contributed by atoms with Gasteiger partial charge in [0.15, 0.2) is 0 Å². The first kappa shape index (κ1) is 18.6. The zero-order valence-electron chi connectivity index (χ0n) is 12.6. The Balaban J connectivity index is 2.05. The third kappa shape index (κ3) is 4.21. The van der Waals surface area contributed by atoms with Gasteiger partial charge in [0, 0.05) is 31.1 Å². The summed E-state index contributed by atoms with van der Waals surface area (Å²) in [5.41, 5.74) is 9.83. The molecule has 12 heteroatoms.